The van der Waals surface area contributed by atoms with Crippen LogP contribution in [0, 0.1) is 12.8 Å². The lowest BCUT2D eigenvalue weighted by Gasteiger charge is -2.30. The maximum atomic E-state index is 12.2. The fraction of sp³-hybridized carbons (Fsp3) is 0.571. The Labute approximate surface area is 155 Å². The fourth-order valence-electron chi connectivity index (χ4n) is 3.24. The number of hydrogen-bond acceptors (Lipinski definition) is 4. The van der Waals surface area contributed by atoms with Crippen molar-refractivity contribution in [3.05, 3.63) is 35.4 Å². The molecule has 1 aliphatic carbocycles. The van der Waals surface area contributed by atoms with Crippen molar-refractivity contribution in [1.29, 1.82) is 0 Å². The van der Waals surface area contributed by atoms with E-state index in [1.54, 1.807) is 19.1 Å². The average molecular weight is 359 g/mol. The molecule has 142 valence electrons. The van der Waals surface area contributed by atoms with Crippen molar-refractivity contribution in [3.8, 4) is 0 Å². The molecule has 1 saturated carbocycles. The van der Waals surface area contributed by atoms with Crippen LogP contribution in [-0.2, 0) is 14.3 Å². The second kappa shape index (κ2) is 9.51. The van der Waals surface area contributed by atoms with Crippen LogP contribution >= 0.6 is 0 Å². The quantitative estimate of drug-likeness (QED) is 0.596. The van der Waals surface area contributed by atoms with Gasteiger partial charge < -0.3 is 10.1 Å². The summed E-state index contributed by atoms with van der Waals surface area (Å²) in [6.07, 6.45) is 3.61. The van der Waals surface area contributed by atoms with Crippen molar-refractivity contribution in [2.45, 2.75) is 71.4 Å². The third-order valence-corrected chi connectivity index (χ3v) is 5.05. The Kier molecular flexibility index (Phi) is 7.37. The lowest BCUT2D eigenvalue weighted by molar-refractivity contribution is -0.155. The Morgan fingerprint density at radius 3 is 2.42 bits per heavy atom. The predicted molar refractivity (Wildman–Crippen MR) is 99.9 cm³/mol. The summed E-state index contributed by atoms with van der Waals surface area (Å²) in [5.74, 6) is -0.440. The highest BCUT2D eigenvalue weighted by Gasteiger charge is 2.26. The van der Waals surface area contributed by atoms with Gasteiger partial charge in [0.25, 0.3) is 5.91 Å². The molecule has 0 bridgehead atoms. The van der Waals surface area contributed by atoms with Gasteiger partial charge in [-0.05, 0) is 32.6 Å². The van der Waals surface area contributed by atoms with Crippen LogP contribution in [0.5, 0.6) is 0 Å². The standard InChI is InChI=1S/C21H29NO4/c1-14-8-10-17(11-9-14)19(23)12-13-20(24)26-16(3)21(25)22-18-7-5-4-6-15(18)2/h8-11,15-16,18H,4-7,12-13H2,1-3H3,(H,22,25)/t15-,16+,18+/m0/s1. The second-order valence-electron chi connectivity index (χ2n) is 7.30. The molecule has 0 radical (unpaired) electrons. The summed E-state index contributed by atoms with van der Waals surface area (Å²) in [6, 6.07) is 7.39. The molecule has 1 fully saturated rings. The molecule has 5 nitrogen and oxygen atoms in total. The average Bonchev–Trinajstić information content (AvgIpc) is 2.62. The van der Waals surface area contributed by atoms with E-state index in [4.69, 9.17) is 4.74 Å². The van der Waals surface area contributed by atoms with E-state index in [1.165, 1.54) is 6.42 Å². The van der Waals surface area contributed by atoms with Gasteiger partial charge in [0.15, 0.2) is 11.9 Å². The number of Topliss-reactive ketones (excluding diaryl/α,β-unsaturated/α-hetero) is 1. The maximum absolute atomic E-state index is 12.2. The second-order valence-corrected chi connectivity index (χ2v) is 7.30. The van der Waals surface area contributed by atoms with Gasteiger partial charge in [-0.3, -0.25) is 14.4 Å². The Hall–Kier alpha value is -2.17. The van der Waals surface area contributed by atoms with Gasteiger partial charge in [-0.1, -0.05) is 49.6 Å². The molecule has 5 heteroatoms. The zero-order valence-corrected chi connectivity index (χ0v) is 15.9. The first-order valence-electron chi connectivity index (χ1n) is 9.46. The van der Waals surface area contributed by atoms with Gasteiger partial charge in [-0.2, -0.15) is 0 Å². The van der Waals surface area contributed by atoms with Crippen LogP contribution in [0.4, 0.5) is 0 Å². The number of esters is 1. The van der Waals surface area contributed by atoms with Crippen LogP contribution in [0.15, 0.2) is 24.3 Å². The number of ether oxygens (including phenoxy) is 1. The molecule has 0 aliphatic heterocycles. The summed E-state index contributed by atoms with van der Waals surface area (Å²) in [4.78, 5) is 36.3. The van der Waals surface area contributed by atoms with Crippen molar-refractivity contribution in [2.24, 2.45) is 5.92 Å². The van der Waals surface area contributed by atoms with Crippen LogP contribution in [0.3, 0.4) is 0 Å². The smallest absolute Gasteiger partial charge is 0.307 e. The van der Waals surface area contributed by atoms with Crippen LogP contribution in [0.25, 0.3) is 0 Å². The zero-order chi connectivity index (χ0) is 19.1. The molecule has 0 unspecified atom stereocenters. The van der Waals surface area contributed by atoms with E-state index in [9.17, 15) is 14.4 Å². The van der Waals surface area contributed by atoms with E-state index >= 15 is 0 Å². The fourth-order valence-corrected chi connectivity index (χ4v) is 3.24. The number of amides is 1. The summed E-state index contributed by atoms with van der Waals surface area (Å²) < 4.78 is 5.19. The Morgan fingerprint density at radius 1 is 1.12 bits per heavy atom. The molecule has 0 saturated heterocycles. The first-order valence-corrected chi connectivity index (χ1v) is 9.46. The van der Waals surface area contributed by atoms with E-state index in [0.717, 1.165) is 24.8 Å². The van der Waals surface area contributed by atoms with Crippen LogP contribution in [0.1, 0.15) is 68.3 Å². The van der Waals surface area contributed by atoms with Crippen molar-refractivity contribution < 1.29 is 19.1 Å². The summed E-state index contributed by atoms with van der Waals surface area (Å²) in [6.45, 7) is 5.66. The van der Waals surface area contributed by atoms with Gasteiger partial charge in [0.1, 0.15) is 0 Å². The molecule has 0 spiro atoms. The molecule has 1 aromatic rings. The third kappa shape index (κ3) is 5.97. The van der Waals surface area contributed by atoms with Crippen LogP contribution < -0.4 is 5.32 Å². The van der Waals surface area contributed by atoms with Gasteiger partial charge in [0.2, 0.25) is 0 Å². The number of carbonyl (C=O) groups is 3. The number of rotatable bonds is 7. The monoisotopic (exact) mass is 359 g/mol. The lowest BCUT2D eigenvalue weighted by atomic mass is 9.86. The van der Waals surface area contributed by atoms with E-state index in [1.807, 2.05) is 19.1 Å². The number of hydrogen-bond donors (Lipinski definition) is 1. The summed E-state index contributed by atoms with van der Waals surface area (Å²) in [7, 11) is 0. The van der Waals surface area contributed by atoms with Gasteiger partial charge in [-0.15, -0.1) is 0 Å². The molecule has 0 aromatic heterocycles. The van der Waals surface area contributed by atoms with E-state index < -0.39 is 12.1 Å². The molecule has 1 amide bonds. The number of nitrogens with one attached hydrogen (secondary N) is 1. The normalized spacial score (nSPS) is 20.9. The third-order valence-electron chi connectivity index (χ3n) is 5.05. The number of aryl methyl sites for hydroxylation is 1. The largest absolute Gasteiger partial charge is 0.453 e. The molecule has 0 heterocycles. The number of ketones is 1. The Bertz CT molecular complexity index is 638. The van der Waals surface area contributed by atoms with Crippen LogP contribution in [0.2, 0.25) is 0 Å². The summed E-state index contributed by atoms with van der Waals surface area (Å²) in [5.41, 5.74) is 1.66. The first-order chi connectivity index (χ1) is 12.4. The highest BCUT2D eigenvalue weighted by Crippen LogP contribution is 2.23. The topological polar surface area (TPSA) is 72.5 Å². The van der Waals surface area contributed by atoms with Gasteiger partial charge in [-0.25, -0.2) is 0 Å². The summed E-state index contributed by atoms with van der Waals surface area (Å²) >= 11 is 0. The van der Waals surface area contributed by atoms with Crippen molar-refractivity contribution in [1.82, 2.24) is 5.32 Å². The van der Waals surface area contributed by atoms with Crippen LogP contribution in [-0.4, -0.2) is 29.8 Å². The SMILES string of the molecule is Cc1ccc(C(=O)CCC(=O)O[C@H](C)C(=O)N[C@@H]2CCCC[C@@H]2C)cc1. The first kappa shape index (κ1) is 20.1. The van der Waals surface area contributed by atoms with Crippen molar-refractivity contribution in [2.75, 3.05) is 0 Å². The van der Waals surface area contributed by atoms with E-state index in [2.05, 4.69) is 12.2 Å². The van der Waals surface area contributed by atoms with Crippen molar-refractivity contribution >= 4 is 17.7 Å². The van der Waals surface area contributed by atoms with Gasteiger partial charge in [0.05, 0.1) is 6.42 Å². The molecular weight excluding hydrogens is 330 g/mol. The molecule has 3 atom stereocenters. The summed E-state index contributed by atoms with van der Waals surface area (Å²) in [5, 5.41) is 2.99. The number of carbonyl (C=O) groups excluding carboxylic acids is 3. The molecule has 2 rings (SSSR count). The molecule has 26 heavy (non-hydrogen) atoms. The number of benzene rings is 1. The van der Waals surface area contributed by atoms with E-state index in [-0.39, 0.29) is 30.6 Å². The lowest BCUT2D eigenvalue weighted by Crippen LogP contribution is -2.46. The van der Waals surface area contributed by atoms with Gasteiger partial charge >= 0.3 is 5.97 Å². The minimum Gasteiger partial charge on any atom is -0.453 e. The predicted octanol–water partition coefficient (Wildman–Crippen LogP) is 3.58. The van der Waals surface area contributed by atoms with Crippen molar-refractivity contribution in [3.63, 3.8) is 0 Å². The molecule has 1 N–H and O–H groups in total. The van der Waals surface area contributed by atoms with Gasteiger partial charge in [0, 0.05) is 18.0 Å². The highest BCUT2D eigenvalue weighted by atomic mass is 16.5. The Balaban J connectivity index is 1.74. The molecule has 1 aromatic carbocycles. The highest BCUT2D eigenvalue weighted by molar-refractivity contribution is 5.97. The molecule has 1 aliphatic rings. The zero-order valence-electron chi connectivity index (χ0n) is 15.9. The molecular formula is C21H29NO4. The minimum absolute atomic E-state index is 0.0236. The van der Waals surface area contributed by atoms with E-state index in [0.29, 0.717) is 11.5 Å². The Morgan fingerprint density at radius 2 is 1.77 bits per heavy atom. The minimum atomic E-state index is -0.842. The maximum Gasteiger partial charge on any atom is 0.307 e.